The van der Waals surface area contributed by atoms with Crippen LogP contribution in [0.5, 0.6) is 0 Å². The summed E-state index contributed by atoms with van der Waals surface area (Å²) in [7, 11) is -3.64. The molecule has 1 heterocycles. The molecule has 0 radical (unpaired) electrons. The number of hydrogen-bond acceptors (Lipinski definition) is 4. The van der Waals surface area contributed by atoms with Crippen LogP contribution in [0, 0.1) is 11.8 Å². The van der Waals surface area contributed by atoms with Gasteiger partial charge >= 0.3 is 0 Å². The van der Waals surface area contributed by atoms with Crippen molar-refractivity contribution in [1.29, 1.82) is 0 Å². The largest absolute Gasteiger partial charge is 0.341 e. The minimum atomic E-state index is -3.64. The number of carbonyl (C=O) groups excluding carboxylic acids is 1. The molecule has 0 aromatic rings. The molecule has 2 rings (SSSR count). The van der Waals surface area contributed by atoms with Gasteiger partial charge in [-0.25, -0.2) is 9.86 Å². The molecular weight excluding hydrogens is 280 g/mol. The highest BCUT2D eigenvalue weighted by molar-refractivity contribution is 7.87. The van der Waals surface area contributed by atoms with Crippen LogP contribution in [0.25, 0.3) is 0 Å². The Morgan fingerprint density at radius 1 is 1.20 bits per heavy atom. The molecular formula is C12H24N4O3S. The van der Waals surface area contributed by atoms with Crippen molar-refractivity contribution in [3.63, 3.8) is 0 Å². The van der Waals surface area contributed by atoms with Crippen LogP contribution in [0.3, 0.4) is 0 Å². The van der Waals surface area contributed by atoms with Gasteiger partial charge in [-0.05, 0) is 44.1 Å². The van der Waals surface area contributed by atoms with E-state index in [-0.39, 0.29) is 11.8 Å². The molecule has 2 fully saturated rings. The standard InChI is InChI=1S/C12H24N4O3S/c13-20(18,19)15-7-11-2-1-5-16(9-11)12(17)8-14-6-10-3-4-10/h10-11,14-15H,1-9H2,(H2,13,18,19). The number of piperidine rings is 1. The SMILES string of the molecule is NS(=O)(=O)NCC1CCCN(C(=O)CNCC2CC2)C1. The highest BCUT2D eigenvalue weighted by atomic mass is 32.2. The molecule has 2 aliphatic rings. The van der Waals surface area contributed by atoms with Crippen molar-refractivity contribution >= 4 is 16.1 Å². The molecule has 116 valence electrons. The van der Waals surface area contributed by atoms with E-state index in [1.807, 2.05) is 4.90 Å². The van der Waals surface area contributed by atoms with Gasteiger partial charge in [0.25, 0.3) is 10.2 Å². The molecule has 0 aromatic heterocycles. The van der Waals surface area contributed by atoms with E-state index in [0.717, 1.165) is 31.8 Å². The quantitative estimate of drug-likeness (QED) is 0.562. The fourth-order valence-electron chi connectivity index (χ4n) is 2.51. The zero-order chi connectivity index (χ0) is 14.6. The van der Waals surface area contributed by atoms with E-state index in [1.54, 1.807) is 0 Å². The number of nitrogens with two attached hydrogens (primary N) is 1. The van der Waals surface area contributed by atoms with Gasteiger partial charge in [0.2, 0.25) is 5.91 Å². The van der Waals surface area contributed by atoms with Crippen LogP contribution >= 0.6 is 0 Å². The molecule has 1 amide bonds. The molecule has 0 spiro atoms. The molecule has 4 N–H and O–H groups in total. The number of rotatable bonds is 7. The fourth-order valence-corrected chi connectivity index (χ4v) is 2.98. The molecule has 1 saturated carbocycles. The Labute approximate surface area is 120 Å². The number of carbonyl (C=O) groups is 1. The lowest BCUT2D eigenvalue weighted by Crippen LogP contribution is -2.47. The number of hydrogen-bond donors (Lipinski definition) is 3. The Morgan fingerprint density at radius 3 is 2.60 bits per heavy atom. The summed E-state index contributed by atoms with van der Waals surface area (Å²) in [5.41, 5.74) is 0. The molecule has 0 bridgehead atoms. The van der Waals surface area contributed by atoms with Crippen molar-refractivity contribution in [3.05, 3.63) is 0 Å². The average molecular weight is 304 g/mol. The van der Waals surface area contributed by atoms with Crippen LogP contribution in [0.15, 0.2) is 0 Å². The zero-order valence-electron chi connectivity index (χ0n) is 11.7. The monoisotopic (exact) mass is 304 g/mol. The van der Waals surface area contributed by atoms with Gasteiger partial charge in [-0.1, -0.05) is 0 Å². The highest BCUT2D eigenvalue weighted by Gasteiger charge is 2.25. The second-order valence-corrected chi connectivity index (χ2v) is 7.19. The molecule has 1 saturated heterocycles. The van der Waals surface area contributed by atoms with Crippen molar-refractivity contribution in [3.8, 4) is 0 Å². The predicted molar refractivity (Wildman–Crippen MR) is 76.0 cm³/mol. The summed E-state index contributed by atoms with van der Waals surface area (Å²) >= 11 is 0. The second kappa shape index (κ2) is 6.84. The lowest BCUT2D eigenvalue weighted by atomic mass is 9.98. The first-order valence-corrected chi connectivity index (χ1v) is 8.74. The van der Waals surface area contributed by atoms with Crippen LogP contribution in [-0.4, -0.2) is 51.9 Å². The van der Waals surface area contributed by atoms with Gasteiger partial charge in [-0.2, -0.15) is 8.42 Å². The Bertz CT molecular complexity index is 436. The van der Waals surface area contributed by atoms with Gasteiger partial charge in [0.15, 0.2) is 0 Å². The maximum Gasteiger partial charge on any atom is 0.274 e. The van der Waals surface area contributed by atoms with E-state index < -0.39 is 10.2 Å². The van der Waals surface area contributed by atoms with Gasteiger partial charge in [0.1, 0.15) is 0 Å². The van der Waals surface area contributed by atoms with E-state index in [9.17, 15) is 13.2 Å². The first-order valence-electron chi connectivity index (χ1n) is 7.20. The van der Waals surface area contributed by atoms with Crippen LogP contribution in [-0.2, 0) is 15.0 Å². The summed E-state index contributed by atoms with van der Waals surface area (Å²) in [4.78, 5) is 13.9. The molecule has 20 heavy (non-hydrogen) atoms. The van der Waals surface area contributed by atoms with E-state index in [1.165, 1.54) is 12.8 Å². The van der Waals surface area contributed by atoms with E-state index >= 15 is 0 Å². The second-order valence-electron chi connectivity index (χ2n) is 5.82. The Kier molecular flexibility index (Phi) is 5.36. The molecule has 0 aromatic carbocycles. The Morgan fingerprint density at radius 2 is 1.95 bits per heavy atom. The number of nitrogens with one attached hydrogen (secondary N) is 2. The topological polar surface area (TPSA) is 105 Å². The summed E-state index contributed by atoms with van der Waals surface area (Å²) in [6, 6.07) is 0. The number of likely N-dealkylation sites (tertiary alicyclic amines) is 1. The van der Waals surface area contributed by atoms with Crippen LogP contribution in [0.2, 0.25) is 0 Å². The number of amides is 1. The summed E-state index contributed by atoms with van der Waals surface area (Å²) in [5.74, 6) is 1.01. The molecule has 1 atom stereocenters. The van der Waals surface area contributed by atoms with E-state index in [4.69, 9.17) is 5.14 Å². The summed E-state index contributed by atoms with van der Waals surface area (Å²) < 4.78 is 24.1. The molecule has 8 heteroatoms. The first kappa shape index (κ1) is 15.7. The molecule has 7 nitrogen and oxygen atoms in total. The third-order valence-corrected chi connectivity index (χ3v) is 4.42. The van der Waals surface area contributed by atoms with Crippen molar-refractivity contribution in [1.82, 2.24) is 14.9 Å². The predicted octanol–water partition coefficient (Wildman–Crippen LogP) is -0.982. The van der Waals surface area contributed by atoms with Crippen molar-refractivity contribution in [2.24, 2.45) is 17.0 Å². The normalized spacial score (nSPS) is 23.9. The van der Waals surface area contributed by atoms with Crippen LogP contribution in [0.4, 0.5) is 0 Å². The first-order chi connectivity index (χ1) is 9.44. The summed E-state index contributed by atoms with van der Waals surface area (Å²) in [6.45, 7) is 2.97. The summed E-state index contributed by atoms with van der Waals surface area (Å²) in [6.07, 6.45) is 4.37. The van der Waals surface area contributed by atoms with Gasteiger partial charge in [-0.3, -0.25) is 4.79 Å². The smallest absolute Gasteiger partial charge is 0.274 e. The van der Waals surface area contributed by atoms with E-state index in [2.05, 4.69) is 10.0 Å². The lowest BCUT2D eigenvalue weighted by Gasteiger charge is -2.32. The Hall–Kier alpha value is -0.700. The van der Waals surface area contributed by atoms with Gasteiger partial charge in [0, 0.05) is 19.6 Å². The molecule has 1 aliphatic heterocycles. The average Bonchev–Trinajstić information content (AvgIpc) is 3.20. The minimum absolute atomic E-state index is 0.103. The maximum absolute atomic E-state index is 12.0. The molecule has 1 unspecified atom stereocenters. The van der Waals surface area contributed by atoms with Crippen molar-refractivity contribution < 1.29 is 13.2 Å². The van der Waals surface area contributed by atoms with Crippen LogP contribution in [0.1, 0.15) is 25.7 Å². The van der Waals surface area contributed by atoms with Crippen LogP contribution < -0.4 is 15.2 Å². The van der Waals surface area contributed by atoms with Crippen molar-refractivity contribution in [2.75, 3.05) is 32.7 Å². The van der Waals surface area contributed by atoms with Gasteiger partial charge < -0.3 is 10.2 Å². The minimum Gasteiger partial charge on any atom is -0.341 e. The third-order valence-electron chi connectivity index (χ3n) is 3.85. The fraction of sp³-hybridized carbons (Fsp3) is 0.917. The van der Waals surface area contributed by atoms with Gasteiger partial charge in [0.05, 0.1) is 6.54 Å². The van der Waals surface area contributed by atoms with E-state index in [0.29, 0.717) is 19.6 Å². The molecule has 1 aliphatic carbocycles. The van der Waals surface area contributed by atoms with Crippen molar-refractivity contribution in [2.45, 2.75) is 25.7 Å². The zero-order valence-corrected chi connectivity index (χ0v) is 12.5. The van der Waals surface area contributed by atoms with Gasteiger partial charge in [-0.15, -0.1) is 0 Å². The highest BCUT2D eigenvalue weighted by Crippen LogP contribution is 2.27. The number of nitrogens with zero attached hydrogens (tertiary/aromatic N) is 1. The maximum atomic E-state index is 12.0. The Balaban J connectivity index is 1.69. The lowest BCUT2D eigenvalue weighted by molar-refractivity contribution is -0.131. The third kappa shape index (κ3) is 5.74. The summed E-state index contributed by atoms with van der Waals surface area (Å²) in [5, 5.41) is 8.11.